The molecule has 2 saturated heterocycles. The molecular weight excluding hydrogens is 202 g/mol. The second kappa shape index (κ2) is 3.97. The smallest absolute Gasteiger partial charge is 0.0687 e. The zero-order valence-corrected chi connectivity index (χ0v) is 10.0. The summed E-state index contributed by atoms with van der Waals surface area (Å²) in [6.45, 7) is 1.55. The number of rotatable bonds is 2. The molecule has 0 aromatic rings. The molecule has 2 N–H and O–H groups in total. The minimum Gasteiger partial charge on any atom is -0.379 e. The fourth-order valence-electron chi connectivity index (χ4n) is 3.66. The second-order valence-electron chi connectivity index (χ2n) is 6.04. The predicted octanol–water partition coefficient (Wildman–Crippen LogP) is 1.99. The molecule has 0 aromatic carbocycles. The summed E-state index contributed by atoms with van der Waals surface area (Å²) in [4.78, 5) is 0. The molecule has 1 spiro atoms. The van der Waals surface area contributed by atoms with Crippen LogP contribution in [0.5, 0.6) is 0 Å². The van der Waals surface area contributed by atoms with Crippen LogP contribution in [0.4, 0.5) is 0 Å². The first kappa shape index (κ1) is 11.0. The van der Waals surface area contributed by atoms with Gasteiger partial charge in [0.05, 0.1) is 18.3 Å². The molecule has 3 aliphatic rings. The number of hydrogen-bond acceptors (Lipinski definition) is 3. The Bertz CT molecular complexity index is 255. The molecule has 0 bridgehead atoms. The van der Waals surface area contributed by atoms with Crippen LogP contribution in [-0.4, -0.2) is 30.5 Å². The molecule has 2 heterocycles. The van der Waals surface area contributed by atoms with Crippen molar-refractivity contribution in [3.63, 3.8) is 0 Å². The van der Waals surface area contributed by atoms with E-state index in [0.29, 0.717) is 6.10 Å². The summed E-state index contributed by atoms with van der Waals surface area (Å²) in [6.07, 6.45) is 10.1. The van der Waals surface area contributed by atoms with E-state index in [4.69, 9.17) is 15.2 Å². The Kier molecular flexibility index (Phi) is 2.73. The first-order valence-corrected chi connectivity index (χ1v) is 6.74. The lowest BCUT2D eigenvalue weighted by Gasteiger charge is -2.28. The van der Waals surface area contributed by atoms with Crippen molar-refractivity contribution in [1.29, 1.82) is 0 Å². The third kappa shape index (κ3) is 2.01. The Hall–Kier alpha value is -0.120. The van der Waals surface area contributed by atoms with Crippen molar-refractivity contribution in [2.45, 2.75) is 68.6 Å². The fraction of sp³-hybridized carbons (Fsp3) is 1.00. The molecule has 1 aliphatic carbocycles. The molecule has 3 fully saturated rings. The first-order valence-electron chi connectivity index (χ1n) is 6.74. The molecule has 3 rings (SSSR count). The molecule has 2 unspecified atom stereocenters. The van der Waals surface area contributed by atoms with Crippen molar-refractivity contribution in [1.82, 2.24) is 0 Å². The molecule has 0 aromatic heterocycles. The third-order valence-electron chi connectivity index (χ3n) is 4.62. The first-order chi connectivity index (χ1) is 7.70. The largest absolute Gasteiger partial charge is 0.379 e. The minimum absolute atomic E-state index is 0.102. The minimum atomic E-state index is -0.102. The zero-order valence-electron chi connectivity index (χ0n) is 10.0. The van der Waals surface area contributed by atoms with Gasteiger partial charge >= 0.3 is 0 Å². The van der Waals surface area contributed by atoms with Crippen LogP contribution in [0, 0.1) is 0 Å². The molecule has 3 nitrogen and oxygen atoms in total. The van der Waals surface area contributed by atoms with Crippen molar-refractivity contribution in [3.8, 4) is 0 Å². The summed E-state index contributed by atoms with van der Waals surface area (Å²) in [5.74, 6) is 0. The Morgan fingerprint density at radius 1 is 1.12 bits per heavy atom. The highest BCUT2D eigenvalue weighted by Gasteiger charge is 2.44. The van der Waals surface area contributed by atoms with Gasteiger partial charge in [0.15, 0.2) is 0 Å². The lowest BCUT2D eigenvalue weighted by Crippen LogP contribution is -2.43. The summed E-state index contributed by atoms with van der Waals surface area (Å²) in [7, 11) is 0. The molecule has 16 heavy (non-hydrogen) atoms. The van der Waals surface area contributed by atoms with E-state index >= 15 is 0 Å². The molecule has 0 amide bonds. The molecule has 2 aliphatic heterocycles. The average molecular weight is 225 g/mol. The molecular formula is C13H23NO2. The standard InChI is InChI=1S/C13H23NO2/c14-12(7-8-15-10-12)9-11-3-6-13(16-11)4-1-2-5-13/h11H,1-10,14H2. The van der Waals surface area contributed by atoms with E-state index in [1.165, 1.54) is 38.5 Å². The van der Waals surface area contributed by atoms with Crippen LogP contribution >= 0.6 is 0 Å². The Balaban J connectivity index is 1.57. The van der Waals surface area contributed by atoms with Crippen LogP contribution in [0.1, 0.15) is 51.4 Å². The van der Waals surface area contributed by atoms with Crippen LogP contribution in [0.15, 0.2) is 0 Å². The van der Waals surface area contributed by atoms with Gasteiger partial charge in [-0.15, -0.1) is 0 Å². The topological polar surface area (TPSA) is 44.5 Å². The lowest BCUT2D eigenvalue weighted by atomic mass is 9.91. The molecule has 0 radical (unpaired) electrons. The van der Waals surface area contributed by atoms with E-state index in [0.717, 1.165) is 26.1 Å². The van der Waals surface area contributed by atoms with Gasteiger partial charge in [0.1, 0.15) is 0 Å². The highest BCUT2D eigenvalue weighted by Crippen LogP contribution is 2.45. The van der Waals surface area contributed by atoms with E-state index in [-0.39, 0.29) is 11.1 Å². The maximum atomic E-state index is 6.32. The van der Waals surface area contributed by atoms with Gasteiger partial charge in [-0.2, -0.15) is 0 Å². The molecule has 1 saturated carbocycles. The van der Waals surface area contributed by atoms with E-state index in [2.05, 4.69) is 0 Å². The summed E-state index contributed by atoms with van der Waals surface area (Å²) < 4.78 is 11.7. The fourth-order valence-corrected chi connectivity index (χ4v) is 3.66. The number of nitrogens with two attached hydrogens (primary N) is 1. The molecule has 92 valence electrons. The maximum Gasteiger partial charge on any atom is 0.0687 e. The van der Waals surface area contributed by atoms with Gasteiger partial charge in [-0.05, 0) is 38.5 Å². The van der Waals surface area contributed by atoms with Gasteiger partial charge in [0.25, 0.3) is 0 Å². The van der Waals surface area contributed by atoms with Gasteiger partial charge in [-0.3, -0.25) is 0 Å². The van der Waals surface area contributed by atoms with Gasteiger partial charge in [-0.25, -0.2) is 0 Å². The van der Waals surface area contributed by atoms with Crippen LogP contribution in [0.25, 0.3) is 0 Å². The molecule has 3 heteroatoms. The predicted molar refractivity (Wildman–Crippen MR) is 62.3 cm³/mol. The quantitative estimate of drug-likeness (QED) is 0.781. The van der Waals surface area contributed by atoms with E-state index in [1.54, 1.807) is 0 Å². The van der Waals surface area contributed by atoms with Crippen molar-refractivity contribution >= 4 is 0 Å². The maximum absolute atomic E-state index is 6.32. The van der Waals surface area contributed by atoms with Gasteiger partial charge in [-0.1, -0.05) is 12.8 Å². The lowest BCUT2D eigenvalue weighted by molar-refractivity contribution is -0.0464. The summed E-state index contributed by atoms with van der Waals surface area (Å²) >= 11 is 0. The highest BCUT2D eigenvalue weighted by atomic mass is 16.5. The Labute approximate surface area is 97.7 Å². The van der Waals surface area contributed by atoms with Gasteiger partial charge < -0.3 is 15.2 Å². The van der Waals surface area contributed by atoms with E-state index < -0.39 is 0 Å². The Morgan fingerprint density at radius 2 is 1.94 bits per heavy atom. The molecule has 2 atom stereocenters. The van der Waals surface area contributed by atoms with Crippen molar-refractivity contribution in [2.24, 2.45) is 5.73 Å². The van der Waals surface area contributed by atoms with Gasteiger partial charge in [0.2, 0.25) is 0 Å². The normalized spacial score (nSPS) is 42.2. The summed E-state index contributed by atoms with van der Waals surface area (Å²) in [5.41, 5.74) is 6.47. The zero-order chi connectivity index (χ0) is 11.1. The third-order valence-corrected chi connectivity index (χ3v) is 4.62. The van der Waals surface area contributed by atoms with E-state index in [1.807, 2.05) is 0 Å². The monoisotopic (exact) mass is 225 g/mol. The average Bonchev–Trinajstić information content (AvgIpc) is 2.93. The van der Waals surface area contributed by atoms with Crippen molar-refractivity contribution in [2.75, 3.05) is 13.2 Å². The van der Waals surface area contributed by atoms with E-state index in [9.17, 15) is 0 Å². The van der Waals surface area contributed by atoms with Crippen LogP contribution in [0.2, 0.25) is 0 Å². The van der Waals surface area contributed by atoms with Crippen LogP contribution < -0.4 is 5.73 Å². The van der Waals surface area contributed by atoms with Gasteiger partial charge in [0, 0.05) is 12.1 Å². The summed E-state index contributed by atoms with van der Waals surface area (Å²) in [6, 6.07) is 0. The second-order valence-corrected chi connectivity index (χ2v) is 6.04. The van der Waals surface area contributed by atoms with Crippen LogP contribution in [-0.2, 0) is 9.47 Å². The summed E-state index contributed by atoms with van der Waals surface area (Å²) in [5, 5.41) is 0. The highest BCUT2D eigenvalue weighted by molar-refractivity contribution is 4.97. The van der Waals surface area contributed by atoms with Crippen LogP contribution in [0.3, 0.4) is 0 Å². The number of ether oxygens (including phenoxy) is 2. The SMILES string of the molecule is NC1(CC2CCC3(CCCC3)O2)CCOC1. The number of hydrogen-bond donors (Lipinski definition) is 1. The van der Waals surface area contributed by atoms with Crippen molar-refractivity contribution < 1.29 is 9.47 Å². The van der Waals surface area contributed by atoms with Crippen molar-refractivity contribution in [3.05, 3.63) is 0 Å². The Morgan fingerprint density at radius 3 is 2.62 bits per heavy atom.